The first kappa shape index (κ1) is 17.4. The Kier molecular flexibility index (Phi) is 5.19. The average Bonchev–Trinajstić information content (AvgIpc) is 2.69. The van der Waals surface area contributed by atoms with Crippen molar-refractivity contribution in [2.24, 2.45) is 0 Å². The van der Waals surface area contributed by atoms with Crippen molar-refractivity contribution in [2.75, 3.05) is 18.1 Å². The zero-order valence-corrected chi connectivity index (χ0v) is 16.1. The molecule has 9 heteroatoms. The summed E-state index contributed by atoms with van der Waals surface area (Å²) in [5, 5.41) is 0. The molecule has 5 nitrogen and oxygen atoms in total. The number of halogens is 2. The van der Waals surface area contributed by atoms with E-state index in [0.717, 1.165) is 4.47 Å². The number of hydrogen-bond acceptors (Lipinski definition) is 4. The molecule has 1 fully saturated rings. The maximum absolute atomic E-state index is 12.8. The molecule has 1 aromatic rings. The standard InChI is InChI=1S/C12H15Br2NO4S2/c1-2-15(10-5-6-20(16,17)8-10)21(18,19)12-4-3-9(13)7-11(12)14/h3-4,7,10H,2,5-6,8H2,1H3. The Balaban J connectivity index is 2.41. The number of sulfone groups is 1. The summed E-state index contributed by atoms with van der Waals surface area (Å²) in [6.45, 7) is 1.96. The van der Waals surface area contributed by atoms with Gasteiger partial charge in [-0.3, -0.25) is 0 Å². The summed E-state index contributed by atoms with van der Waals surface area (Å²) >= 11 is 6.54. The maximum atomic E-state index is 12.8. The third-order valence-electron chi connectivity index (χ3n) is 3.41. The van der Waals surface area contributed by atoms with Gasteiger partial charge in [0.15, 0.2) is 9.84 Å². The zero-order valence-electron chi connectivity index (χ0n) is 11.3. The minimum absolute atomic E-state index is 0.0468. The van der Waals surface area contributed by atoms with Crippen LogP contribution in [0.1, 0.15) is 13.3 Å². The molecule has 1 aliphatic heterocycles. The Bertz CT molecular complexity index is 747. The van der Waals surface area contributed by atoms with Gasteiger partial charge in [-0.2, -0.15) is 4.31 Å². The van der Waals surface area contributed by atoms with Gasteiger partial charge in [-0.05, 0) is 40.5 Å². The van der Waals surface area contributed by atoms with Crippen molar-refractivity contribution in [3.05, 3.63) is 27.1 Å². The van der Waals surface area contributed by atoms with Crippen molar-refractivity contribution in [1.82, 2.24) is 4.31 Å². The molecule has 118 valence electrons. The molecule has 0 bridgehead atoms. The molecule has 1 aromatic carbocycles. The fraction of sp³-hybridized carbons (Fsp3) is 0.500. The Hall–Kier alpha value is 0.0400. The summed E-state index contributed by atoms with van der Waals surface area (Å²) in [7, 11) is -6.87. The molecule has 21 heavy (non-hydrogen) atoms. The second-order valence-corrected chi connectivity index (χ2v) is 10.7. The SMILES string of the molecule is CCN(C1CCS(=O)(=O)C1)S(=O)(=O)c1ccc(Br)cc1Br. The highest BCUT2D eigenvalue weighted by Gasteiger charge is 2.38. The summed E-state index contributed by atoms with van der Waals surface area (Å²) in [6, 6.07) is 4.33. The van der Waals surface area contributed by atoms with E-state index in [1.165, 1.54) is 10.4 Å². The van der Waals surface area contributed by atoms with Crippen LogP contribution in [0, 0.1) is 0 Å². The smallest absolute Gasteiger partial charge is 0.229 e. The molecule has 1 heterocycles. The van der Waals surface area contributed by atoms with Crippen LogP contribution >= 0.6 is 31.9 Å². The van der Waals surface area contributed by atoms with E-state index in [1.54, 1.807) is 19.1 Å². The average molecular weight is 461 g/mol. The van der Waals surface area contributed by atoms with Crippen LogP contribution in [0.4, 0.5) is 0 Å². The Labute approximate surface area is 141 Å². The Morgan fingerprint density at radius 1 is 1.33 bits per heavy atom. The van der Waals surface area contributed by atoms with Crippen molar-refractivity contribution >= 4 is 51.7 Å². The van der Waals surface area contributed by atoms with E-state index in [-0.39, 0.29) is 22.9 Å². The van der Waals surface area contributed by atoms with Crippen LogP contribution in [0.2, 0.25) is 0 Å². The van der Waals surface area contributed by atoms with Crippen molar-refractivity contribution < 1.29 is 16.8 Å². The predicted octanol–water partition coefficient (Wildman–Crippen LogP) is 2.41. The van der Waals surface area contributed by atoms with Gasteiger partial charge in [0.1, 0.15) is 0 Å². The van der Waals surface area contributed by atoms with Gasteiger partial charge >= 0.3 is 0 Å². The highest BCUT2D eigenvalue weighted by Crippen LogP contribution is 2.31. The lowest BCUT2D eigenvalue weighted by Crippen LogP contribution is -2.41. The molecule has 0 N–H and O–H groups in total. The van der Waals surface area contributed by atoms with Crippen LogP contribution in [-0.4, -0.2) is 45.2 Å². The lowest BCUT2D eigenvalue weighted by atomic mass is 10.3. The van der Waals surface area contributed by atoms with E-state index in [9.17, 15) is 16.8 Å². The van der Waals surface area contributed by atoms with Crippen molar-refractivity contribution in [3.63, 3.8) is 0 Å². The number of hydrogen-bond donors (Lipinski definition) is 0. The first-order valence-corrected chi connectivity index (χ1v) is 11.2. The zero-order chi connectivity index (χ0) is 15.8. The van der Waals surface area contributed by atoms with Gasteiger partial charge in [0, 0.05) is 21.5 Å². The molecule has 0 aliphatic carbocycles. The van der Waals surface area contributed by atoms with Gasteiger partial charge in [-0.1, -0.05) is 22.9 Å². The monoisotopic (exact) mass is 459 g/mol. The molecule has 1 unspecified atom stereocenters. The summed E-state index contributed by atoms with van der Waals surface area (Å²) in [6.07, 6.45) is 0.351. The van der Waals surface area contributed by atoms with Crippen LogP contribution in [-0.2, 0) is 19.9 Å². The molecule has 0 radical (unpaired) electrons. The number of benzene rings is 1. The van der Waals surface area contributed by atoms with Crippen molar-refractivity contribution in [3.8, 4) is 0 Å². The lowest BCUT2D eigenvalue weighted by Gasteiger charge is -2.26. The second-order valence-electron chi connectivity index (χ2n) is 4.84. The van der Waals surface area contributed by atoms with Gasteiger partial charge in [-0.25, -0.2) is 16.8 Å². The van der Waals surface area contributed by atoms with Crippen LogP contribution in [0.15, 0.2) is 32.0 Å². The highest BCUT2D eigenvalue weighted by molar-refractivity contribution is 9.11. The summed E-state index contributed by atoms with van der Waals surface area (Å²) in [5.41, 5.74) is 0. The third kappa shape index (κ3) is 3.69. The topological polar surface area (TPSA) is 71.5 Å². The molecule has 0 amide bonds. The predicted molar refractivity (Wildman–Crippen MR) is 88.5 cm³/mol. The number of rotatable bonds is 4. The number of nitrogens with zero attached hydrogens (tertiary/aromatic N) is 1. The van der Waals surface area contributed by atoms with Crippen LogP contribution < -0.4 is 0 Å². The van der Waals surface area contributed by atoms with Crippen molar-refractivity contribution in [1.29, 1.82) is 0 Å². The molecule has 0 spiro atoms. The fourth-order valence-electron chi connectivity index (χ4n) is 2.44. The normalized spacial score (nSPS) is 21.8. The van der Waals surface area contributed by atoms with E-state index in [4.69, 9.17) is 0 Å². The Morgan fingerprint density at radius 2 is 2.00 bits per heavy atom. The molecular formula is C12H15Br2NO4S2. The minimum Gasteiger partial charge on any atom is -0.229 e. The molecular weight excluding hydrogens is 446 g/mol. The third-order valence-corrected chi connectivity index (χ3v) is 8.66. The van der Waals surface area contributed by atoms with E-state index in [2.05, 4.69) is 31.9 Å². The molecule has 1 saturated heterocycles. The van der Waals surface area contributed by atoms with Crippen LogP contribution in [0.3, 0.4) is 0 Å². The van der Waals surface area contributed by atoms with E-state index >= 15 is 0 Å². The molecule has 2 rings (SSSR count). The summed E-state index contributed by atoms with van der Waals surface area (Å²) < 4.78 is 51.3. The van der Waals surface area contributed by atoms with Gasteiger partial charge in [-0.15, -0.1) is 0 Å². The summed E-state index contributed by atoms with van der Waals surface area (Å²) in [5.74, 6) is -0.0561. The van der Waals surface area contributed by atoms with E-state index in [1.807, 2.05) is 0 Å². The van der Waals surface area contributed by atoms with Gasteiger partial charge in [0.25, 0.3) is 0 Å². The molecule has 0 aromatic heterocycles. The molecule has 1 aliphatic rings. The minimum atomic E-state index is -3.73. The van der Waals surface area contributed by atoms with E-state index in [0.29, 0.717) is 10.9 Å². The fourth-order valence-corrected chi connectivity index (χ4v) is 7.63. The molecule has 1 atom stereocenters. The Morgan fingerprint density at radius 3 is 2.48 bits per heavy atom. The van der Waals surface area contributed by atoms with Crippen LogP contribution in [0.5, 0.6) is 0 Å². The van der Waals surface area contributed by atoms with Gasteiger partial charge in [0.05, 0.1) is 16.4 Å². The largest absolute Gasteiger partial charge is 0.244 e. The van der Waals surface area contributed by atoms with Crippen molar-refractivity contribution in [2.45, 2.75) is 24.3 Å². The van der Waals surface area contributed by atoms with Gasteiger partial charge in [0.2, 0.25) is 10.0 Å². The summed E-state index contributed by atoms with van der Waals surface area (Å²) in [4.78, 5) is 0.150. The quantitative estimate of drug-likeness (QED) is 0.691. The highest BCUT2D eigenvalue weighted by atomic mass is 79.9. The molecule has 0 saturated carbocycles. The maximum Gasteiger partial charge on any atom is 0.244 e. The van der Waals surface area contributed by atoms with E-state index < -0.39 is 25.9 Å². The van der Waals surface area contributed by atoms with Crippen LogP contribution in [0.25, 0.3) is 0 Å². The first-order valence-electron chi connectivity index (χ1n) is 6.34. The first-order chi connectivity index (χ1) is 9.67. The number of sulfonamides is 1. The lowest BCUT2D eigenvalue weighted by molar-refractivity contribution is 0.354. The van der Waals surface area contributed by atoms with Gasteiger partial charge < -0.3 is 0 Å². The second kappa shape index (κ2) is 6.27.